The van der Waals surface area contributed by atoms with E-state index in [-0.39, 0.29) is 16.4 Å². The van der Waals surface area contributed by atoms with E-state index in [1.54, 1.807) is 13.1 Å². The molecule has 0 spiro atoms. The molecule has 0 atom stereocenters. The molecule has 0 aliphatic rings. The van der Waals surface area contributed by atoms with Crippen LogP contribution in [0.2, 0.25) is 10.0 Å². The number of benzene rings is 2. The largest absolute Gasteiger partial charge is 0.416 e. The number of thiophene rings is 1. The minimum Gasteiger partial charge on any atom is -0.248 e. The van der Waals surface area contributed by atoms with Crippen molar-refractivity contribution in [2.75, 3.05) is 0 Å². The molecule has 30 heavy (non-hydrogen) atoms. The second-order valence-electron chi connectivity index (χ2n) is 6.34. The Morgan fingerprint density at radius 1 is 1.00 bits per heavy atom. The van der Waals surface area contributed by atoms with E-state index in [0.717, 1.165) is 12.1 Å². The Morgan fingerprint density at radius 3 is 2.33 bits per heavy atom. The van der Waals surface area contributed by atoms with Crippen molar-refractivity contribution < 1.29 is 17.6 Å². The molecule has 0 saturated heterocycles. The average molecular weight is 472 g/mol. The maximum absolute atomic E-state index is 14.2. The maximum Gasteiger partial charge on any atom is 0.416 e. The third-order valence-corrected chi connectivity index (χ3v) is 6.24. The van der Waals surface area contributed by atoms with E-state index in [4.69, 9.17) is 23.2 Å². The van der Waals surface area contributed by atoms with E-state index < -0.39 is 17.6 Å². The van der Waals surface area contributed by atoms with Crippen molar-refractivity contribution in [2.24, 2.45) is 7.05 Å². The van der Waals surface area contributed by atoms with Gasteiger partial charge in [-0.3, -0.25) is 0 Å². The lowest BCUT2D eigenvalue weighted by molar-refractivity contribution is -0.137. The fourth-order valence-electron chi connectivity index (χ4n) is 2.89. The van der Waals surface area contributed by atoms with Crippen molar-refractivity contribution in [3.05, 3.63) is 70.0 Å². The summed E-state index contributed by atoms with van der Waals surface area (Å²) in [5.74, 6) is -0.0593. The van der Waals surface area contributed by atoms with Gasteiger partial charge >= 0.3 is 6.18 Å². The predicted octanol–water partition coefficient (Wildman–Crippen LogP) is 7.34. The van der Waals surface area contributed by atoms with Gasteiger partial charge in [0, 0.05) is 11.9 Å². The third-order valence-electron chi connectivity index (χ3n) is 4.34. The molecule has 0 bridgehead atoms. The van der Waals surface area contributed by atoms with Crippen molar-refractivity contribution >= 4 is 34.5 Å². The monoisotopic (exact) mass is 471 g/mol. The van der Waals surface area contributed by atoms with Gasteiger partial charge in [0.1, 0.15) is 5.82 Å². The summed E-state index contributed by atoms with van der Waals surface area (Å²) in [6.07, 6.45) is -4.40. The van der Waals surface area contributed by atoms with Gasteiger partial charge in [-0.05, 0) is 35.9 Å². The minimum atomic E-state index is -4.40. The summed E-state index contributed by atoms with van der Waals surface area (Å²) in [5, 5.41) is 4.78. The quantitative estimate of drug-likeness (QED) is 0.292. The second kappa shape index (κ2) is 7.68. The fraction of sp³-hybridized carbons (Fsp3) is 0.100. The molecule has 0 unspecified atom stereocenters. The van der Waals surface area contributed by atoms with Gasteiger partial charge in [0.05, 0.1) is 26.0 Å². The Morgan fingerprint density at radius 2 is 1.70 bits per heavy atom. The molecule has 0 aliphatic heterocycles. The molecular weight excluding hydrogens is 461 g/mol. The van der Waals surface area contributed by atoms with Crippen LogP contribution in [-0.2, 0) is 13.2 Å². The van der Waals surface area contributed by atoms with Crippen LogP contribution in [-0.4, -0.2) is 14.8 Å². The van der Waals surface area contributed by atoms with Crippen molar-refractivity contribution in [3.63, 3.8) is 0 Å². The number of aryl methyl sites for hydroxylation is 1. The van der Waals surface area contributed by atoms with Gasteiger partial charge in [0.15, 0.2) is 11.6 Å². The molecule has 4 rings (SSSR count). The highest BCUT2D eigenvalue weighted by Gasteiger charge is 2.30. The van der Waals surface area contributed by atoms with Crippen molar-refractivity contribution in [3.8, 4) is 32.5 Å². The van der Waals surface area contributed by atoms with Crippen molar-refractivity contribution in [2.45, 2.75) is 6.18 Å². The Labute approximate surface area is 182 Å². The van der Waals surface area contributed by atoms with Gasteiger partial charge in [0.25, 0.3) is 0 Å². The molecule has 10 heteroatoms. The summed E-state index contributed by atoms with van der Waals surface area (Å²) in [7, 11) is 1.63. The van der Waals surface area contributed by atoms with Crippen molar-refractivity contribution in [1.82, 2.24) is 14.8 Å². The van der Waals surface area contributed by atoms with Crippen LogP contribution in [0.15, 0.2) is 48.5 Å². The van der Waals surface area contributed by atoms with Crippen LogP contribution in [0.1, 0.15) is 5.56 Å². The van der Waals surface area contributed by atoms with Gasteiger partial charge in [-0.2, -0.15) is 18.3 Å². The smallest absolute Gasteiger partial charge is 0.248 e. The molecule has 0 radical (unpaired) electrons. The van der Waals surface area contributed by atoms with Crippen LogP contribution in [0, 0.1) is 5.82 Å². The number of nitrogens with zero attached hydrogens (tertiary/aromatic N) is 3. The van der Waals surface area contributed by atoms with Crippen LogP contribution in [0.4, 0.5) is 17.6 Å². The summed E-state index contributed by atoms with van der Waals surface area (Å²) in [4.78, 5) is 5.61. The van der Waals surface area contributed by atoms with E-state index in [2.05, 4.69) is 10.1 Å². The lowest BCUT2D eigenvalue weighted by Gasteiger charge is -2.06. The highest BCUT2D eigenvalue weighted by molar-refractivity contribution is 7.19. The van der Waals surface area contributed by atoms with E-state index in [9.17, 15) is 17.6 Å². The molecular formula is C20H11Cl2F4N3S. The molecule has 0 N–H and O–H groups in total. The Balaban J connectivity index is 1.73. The number of alkyl halides is 3. The van der Waals surface area contributed by atoms with Gasteiger partial charge < -0.3 is 0 Å². The fourth-order valence-corrected chi connectivity index (χ4v) is 4.58. The predicted molar refractivity (Wildman–Crippen MR) is 110 cm³/mol. The number of halogens is 6. The van der Waals surface area contributed by atoms with E-state index in [1.165, 1.54) is 46.4 Å². The van der Waals surface area contributed by atoms with Gasteiger partial charge in [-0.1, -0.05) is 41.4 Å². The Hall–Kier alpha value is -2.42. The molecule has 4 aromatic rings. The lowest BCUT2D eigenvalue weighted by atomic mass is 10.1. The third kappa shape index (κ3) is 3.82. The SMILES string of the molecule is Cn1nc(-c2c(F)cccc2Cl)nc1-c1sc(-c2ccc(C(F)(F)F)cc2)cc1Cl. The zero-order valence-electron chi connectivity index (χ0n) is 15.1. The highest BCUT2D eigenvalue weighted by Crippen LogP contribution is 2.41. The summed E-state index contributed by atoms with van der Waals surface area (Å²) >= 11 is 13.7. The van der Waals surface area contributed by atoms with Crippen LogP contribution in [0.5, 0.6) is 0 Å². The van der Waals surface area contributed by atoms with E-state index >= 15 is 0 Å². The van der Waals surface area contributed by atoms with E-state index in [0.29, 0.717) is 26.2 Å². The van der Waals surface area contributed by atoms with Gasteiger partial charge in [0.2, 0.25) is 0 Å². The van der Waals surface area contributed by atoms with Crippen LogP contribution in [0.3, 0.4) is 0 Å². The zero-order chi connectivity index (χ0) is 21.6. The normalized spacial score (nSPS) is 11.8. The molecule has 0 saturated carbocycles. The van der Waals surface area contributed by atoms with Crippen LogP contribution < -0.4 is 0 Å². The molecule has 2 aromatic carbocycles. The molecule has 154 valence electrons. The summed E-state index contributed by atoms with van der Waals surface area (Å²) in [6, 6.07) is 10.7. The number of rotatable bonds is 3. The number of hydrogen-bond donors (Lipinski definition) is 0. The summed E-state index contributed by atoms with van der Waals surface area (Å²) in [5.41, 5.74) is -0.0637. The first-order valence-electron chi connectivity index (χ1n) is 8.48. The minimum absolute atomic E-state index is 0.0802. The molecule has 0 fully saturated rings. The van der Waals surface area contributed by atoms with Crippen LogP contribution >= 0.6 is 34.5 Å². The topological polar surface area (TPSA) is 30.7 Å². The maximum atomic E-state index is 14.2. The van der Waals surface area contributed by atoms with Crippen molar-refractivity contribution in [1.29, 1.82) is 0 Å². The first-order chi connectivity index (χ1) is 14.1. The van der Waals surface area contributed by atoms with Gasteiger partial charge in [-0.15, -0.1) is 11.3 Å². The average Bonchev–Trinajstić information content (AvgIpc) is 3.23. The van der Waals surface area contributed by atoms with Crippen LogP contribution in [0.25, 0.3) is 32.5 Å². The zero-order valence-corrected chi connectivity index (χ0v) is 17.5. The Kier molecular flexibility index (Phi) is 5.34. The number of aromatic nitrogens is 3. The Bertz CT molecular complexity index is 1210. The van der Waals surface area contributed by atoms with Gasteiger partial charge in [-0.25, -0.2) is 14.1 Å². The highest BCUT2D eigenvalue weighted by atomic mass is 35.5. The molecule has 2 heterocycles. The molecule has 0 aliphatic carbocycles. The molecule has 3 nitrogen and oxygen atoms in total. The first-order valence-corrected chi connectivity index (χ1v) is 10.0. The first kappa shape index (κ1) is 20.8. The molecule has 0 amide bonds. The summed E-state index contributed by atoms with van der Waals surface area (Å²) < 4.78 is 54.0. The standard InChI is InChI=1S/C20H11Cl2F4N3S/c1-29-19(27-18(28-29)16-12(21)3-2-4-14(16)23)17-13(22)9-15(30-17)10-5-7-11(8-6-10)20(24,25)26/h2-9H,1H3. The second-order valence-corrected chi connectivity index (χ2v) is 8.21. The lowest BCUT2D eigenvalue weighted by Crippen LogP contribution is -2.03. The number of hydrogen-bond acceptors (Lipinski definition) is 3. The van der Waals surface area contributed by atoms with E-state index in [1.807, 2.05) is 0 Å². The summed E-state index contributed by atoms with van der Waals surface area (Å²) in [6.45, 7) is 0. The molecule has 2 aromatic heterocycles.